The van der Waals surface area contributed by atoms with E-state index >= 15 is 0 Å². The predicted octanol–water partition coefficient (Wildman–Crippen LogP) is 2.97. The predicted molar refractivity (Wildman–Crippen MR) is 75.3 cm³/mol. The summed E-state index contributed by atoms with van der Waals surface area (Å²) in [6.45, 7) is 2.41. The van der Waals surface area contributed by atoms with E-state index in [2.05, 4.69) is 0 Å². The Morgan fingerprint density at radius 3 is 2.42 bits per heavy atom. The van der Waals surface area contributed by atoms with E-state index in [0.717, 1.165) is 5.56 Å². The molecule has 2 aromatic rings. The summed E-state index contributed by atoms with van der Waals surface area (Å²) >= 11 is 0. The van der Waals surface area contributed by atoms with Gasteiger partial charge in [0.2, 0.25) is 0 Å². The molecule has 0 radical (unpaired) electrons. The molecular formula is C16H17NO2. The van der Waals surface area contributed by atoms with Gasteiger partial charge in [-0.2, -0.15) is 0 Å². The molecule has 0 amide bonds. The molecule has 2 rings (SSSR count). The Morgan fingerprint density at radius 1 is 1.11 bits per heavy atom. The van der Waals surface area contributed by atoms with Crippen LogP contribution in [-0.2, 0) is 0 Å². The minimum atomic E-state index is -0.664. The molecule has 0 spiro atoms. The van der Waals surface area contributed by atoms with Gasteiger partial charge in [-0.05, 0) is 24.6 Å². The van der Waals surface area contributed by atoms with Crippen LogP contribution in [0.3, 0.4) is 0 Å². The number of para-hydroxylation sites is 1. The van der Waals surface area contributed by atoms with Gasteiger partial charge in [0.25, 0.3) is 0 Å². The summed E-state index contributed by atoms with van der Waals surface area (Å²) in [6, 6.07) is 15.9. The van der Waals surface area contributed by atoms with Crippen LogP contribution in [0.15, 0.2) is 54.6 Å². The van der Waals surface area contributed by atoms with E-state index < -0.39 is 6.04 Å². The lowest BCUT2D eigenvalue weighted by molar-refractivity contribution is 0.0957. The van der Waals surface area contributed by atoms with Crippen LogP contribution in [0.4, 0.5) is 0 Å². The first-order valence-electron chi connectivity index (χ1n) is 6.30. The number of benzene rings is 2. The maximum Gasteiger partial charge on any atom is 0.187 e. The lowest BCUT2D eigenvalue weighted by Crippen LogP contribution is -2.22. The van der Waals surface area contributed by atoms with Crippen molar-refractivity contribution in [1.29, 1.82) is 0 Å². The van der Waals surface area contributed by atoms with Crippen molar-refractivity contribution in [3.63, 3.8) is 0 Å². The molecule has 1 unspecified atom stereocenters. The lowest BCUT2D eigenvalue weighted by atomic mass is 9.98. The number of hydrogen-bond acceptors (Lipinski definition) is 3. The summed E-state index contributed by atoms with van der Waals surface area (Å²) in [5.41, 5.74) is 7.36. The number of Topliss-reactive ketones (excluding diaryl/α,β-unsaturated/α-hetero) is 1. The van der Waals surface area contributed by atoms with Crippen molar-refractivity contribution in [2.24, 2.45) is 5.73 Å². The van der Waals surface area contributed by atoms with Gasteiger partial charge >= 0.3 is 0 Å². The number of ether oxygens (including phenoxy) is 1. The molecule has 1 atom stereocenters. The highest BCUT2D eigenvalue weighted by Gasteiger charge is 2.20. The fourth-order valence-corrected chi connectivity index (χ4v) is 1.93. The van der Waals surface area contributed by atoms with E-state index in [9.17, 15) is 4.79 Å². The fourth-order valence-electron chi connectivity index (χ4n) is 1.93. The summed E-state index contributed by atoms with van der Waals surface area (Å²) in [5, 5.41) is 0. The van der Waals surface area contributed by atoms with Crippen molar-refractivity contribution < 1.29 is 9.53 Å². The first kappa shape index (κ1) is 13.3. The highest BCUT2D eigenvalue weighted by molar-refractivity contribution is 6.02. The molecule has 0 saturated carbocycles. The van der Waals surface area contributed by atoms with Gasteiger partial charge in [-0.25, -0.2) is 0 Å². The monoisotopic (exact) mass is 255 g/mol. The fraction of sp³-hybridized carbons (Fsp3) is 0.188. The molecule has 3 heteroatoms. The molecule has 0 heterocycles. The van der Waals surface area contributed by atoms with Crippen molar-refractivity contribution >= 4 is 5.78 Å². The van der Waals surface area contributed by atoms with Gasteiger partial charge in [-0.1, -0.05) is 42.5 Å². The molecule has 0 aromatic heterocycles. The molecule has 19 heavy (non-hydrogen) atoms. The maximum absolute atomic E-state index is 12.4. The Balaban J connectivity index is 2.29. The van der Waals surface area contributed by atoms with E-state index in [0.29, 0.717) is 17.9 Å². The Morgan fingerprint density at radius 2 is 1.74 bits per heavy atom. The van der Waals surface area contributed by atoms with Gasteiger partial charge in [0.05, 0.1) is 18.2 Å². The van der Waals surface area contributed by atoms with E-state index in [1.54, 1.807) is 12.1 Å². The Hall–Kier alpha value is -2.13. The Labute approximate surface area is 113 Å². The highest BCUT2D eigenvalue weighted by Crippen LogP contribution is 2.23. The second-order valence-electron chi connectivity index (χ2n) is 4.18. The summed E-state index contributed by atoms with van der Waals surface area (Å²) < 4.78 is 5.47. The quantitative estimate of drug-likeness (QED) is 0.836. The molecule has 3 nitrogen and oxygen atoms in total. The molecular weight excluding hydrogens is 238 g/mol. The average molecular weight is 255 g/mol. The second kappa shape index (κ2) is 6.16. The van der Waals surface area contributed by atoms with Gasteiger partial charge in [0.15, 0.2) is 5.78 Å². The molecule has 2 N–H and O–H groups in total. The number of ketones is 1. The average Bonchev–Trinajstić information content (AvgIpc) is 2.47. The van der Waals surface area contributed by atoms with Gasteiger partial charge in [-0.3, -0.25) is 4.79 Å². The number of hydrogen-bond donors (Lipinski definition) is 1. The van der Waals surface area contributed by atoms with Crippen LogP contribution in [-0.4, -0.2) is 12.4 Å². The number of rotatable bonds is 5. The van der Waals surface area contributed by atoms with E-state index in [1.165, 1.54) is 0 Å². The normalized spacial score (nSPS) is 11.9. The van der Waals surface area contributed by atoms with E-state index in [1.807, 2.05) is 49.4 Å². The minimum absolute atomic E-state index is 0.129. The largest absolute Gasteiger partial charge is 0.493 e. The standard InChI is InChI=1S/C16H17NO2/c1-2-19-14-11-7-6-10-13(14)16(18)15(17)12-8-4-3-5-9-12/h3-11,15H,2,17H2,1H3. The first-order valence-corrected chi connectivity index (χ1v) is 6.30. The maximum atomic E-state index is 12.4. The van der Waals surface area contributed by atoms with Crippen LogP contribution in [0.25, 0.3) is 0 Å². The molecule has 0 aliphatic heterocycles. The third-order valence-corrected chi connectivity index (χ3v) is 2.89. The molecule has 98 valence electrons. The van der Waals surface area contributed by atoms with E-state index in [-0.39, 0.29) is 5.78 Å². The molecule has 0 fully saturated rings. The zero-order chi connectivity index (χ0) is 13.7. The smallest absolute Gasteiger partial charge is 0.187 e. The van der Waals surface area contributed by atoms with Crippen LogP contribution in [0, 0.1) is 0 Å². The van der Waals surface area contributed by atoms with Crippen LogP contribution < -0.4 is 10.5 Å². The topological polar surface area (TPSA) is 52.3 Å². The molecule has 0 saturated heterocycles. The number of carbonyl (C=O) groups excluding carboxylic acids is 1. The van der Waals surface area contributed by atoms with Gasteiger partial charge in [0.1, 0.15) is 5.75 Å². The van der Waals surface area contributed by atoms with Crippen molar-refractivity contribution in [2.75, 3.05) is 6.61 Å². The molecule has 2 aromatic carbocycles. The third-order valence-electron chi connectivity index (χ3n) is 2.89. The van der Waals surface area contributed by atoms with Gasteiger partial charge in [0, 0.05) is 0 Å². The molecule has 0 aliphatic rings. The molecule has 0 bridgehead atoms. The Kier molecular flexibility index (Phi) is 4.31. The van der Waals surface area contributed by atoms with Crippen LogP contribution in [0.1, 0.15) is 28.9 Å². The third kappa shape index (κ3) is 3.01. The Bertz CT molecular complexity index is 552. The zero-order valence-corrected chi connectivity index (χ0v) is 10.9. The van der Waals surface area contributed by atoms with Crippen LogP contribution >= 0.6 is 0 Å². The van der Waals surface area contributed by atoms with Crippen molar-refractivity contribution in [1.82, 2.24) is 0 Å². The second-order valence-corrected chi connectivity index (χ2v) is 4.18. The van der Waals surface area contributed by atoms with Crippen molar-refractivity contribution in [3.05, 3.63) is 65.7 Å². The first-order chi connectivity index (χ1) is 9.24. The van der Waals surface area contributed by atoms with Crippen LogP contribution in [0.2, 0.25) is 0 Å². The number of carbonyl (C=O) groups is 1. The van der Waals surface area contributed by atoms with Crippen molar-refractivity contribution in [2.45, 2.75) is 13.0 Å². The summed E-state index contributed by atoms with van der Waals surface area (Å²) in [6.07, 6.45) is 0. The highest BCUT2D eigenvalue weighted by atomic mass is 16.5. The molecule has 0 aliphatic carbocycles. The summed E-state index contributed by atoms with van der Waals surface area (Å²) in [5.74, 6) is 0.455. The van der Waals surface area contributed by atoms with Gasteiger partial charge < -0.3 is 10.5 Å². The lowest BCUT2D eigenvalue weighted by Gasteiger charge is -2.14. The minimum Gasteiger partial charge on any atom is -0.493 e. The van der Waals surface area contributed by atoms with E-state index in [4.69, 9.17) is 10.5 Å². The van der Waals surface area contributed by atoms with Crippen molar-refractivity contribution in [3.8, 4) is 5.75 Å². The zero-order valence-electron chi connectivity index (χ0n) is 10.9. The SMILES string of the molecule is CCOc1ccccc1C(=O)C(N)c1ccccc1. The number of nitrogens with two attached hydrogens (primary N) is 1. The summed E-state index contributed by atoms with van der Waals surface area (Å²) in [4.78, 5) is 12.4. The van der Waals surface area contributed by atoms with Gasteiger partial charge in [-0.15, -0.1) is 0 Å². The van der Waals surface area contributed by atoms with Crippen LogP contribution in [0.5, 0.6) is 5.75 Å². The summed E-state index contributed by atoms with van der Waals surface area (Å²) in [7, 11) is 0.